The lowest BCUT2D eigenvalue weighted by Gasteiger charge is -2.37. The van der Waals surface area contributed by atoms with Gasteiger partial charge in [-0.25, -0.2) is 4.79 Å². The quantitative estimate of drug-likeness (QED) is 0.848. The second kappa shape index (κ2) is 7.61. The van der Waals surface area contributed by atoms with E-state index in [0.29, 0.717) is 31.9 Å². The molecule has 1 atom stereocenters. The number of carbonyl (C=O) groups is 3. The minimum absolute atomic E-state index is 0.0597. The Labute approximate surface area is 164 Å². The first kappa shape index (κ1) is 19.9. The van der Waals surface area contributed by atoms with Gasteiger partial charge in [0.15, 0.2) is 6.04 Å². The first-order chi connectivity index (χ1) is 13.2. The number of piperazine rings is 1. The Morgan fingerprint density at radius 2 is 1.57 bits per heavy atom. The SMILES string of the molecule is CC(C)(C)C(=O)N1CCN(C(=O)C2=NN(c3ccccc3)C(C(=O)O)C2)CC1. The number of benzene rings is 1. The van der Waals surface area contributed by atoms with Crippen LogP contribution in [0.1, 0.15) is 27.2 Å². The van der Waals surface area contributed by atoms with Gasteiger partial charge in [-0.15, -0.1) is 0 Å². The lowest BCUT2D eigenvalue weighted by Crippen LogP contribution is -2.54. The predicted molar refractivity (Wildman–Crippen MR) is 105 cm³/mol. The standard InChI is InChI=1S/C20H26N4O4/c1-20(2,3)19(28)23-11-9-22(10-12-23)17(25)15-13-16(18(26)27)24(21-15)14-7-5-4-6-8-14/h4-8,16H,9-13H2,1-3H3,(H,26,27). The molecule has 1 aromatic carbocycles. The molecule has 2 aliphatic heterocycles. The Morgan fingerprint density at radius 1 is 1.00 bits per heavy atom. The summed E-state index contributed by atoms with van der Waals surface area (Å²) in [5, 5.41) is 15.3. The third-order valence-corrected chi connectivity index (χ3v) is 4.96. The normalized spacial score (nSPS) is 20.2. The van der Waals surface area contributed by atoms with Gasteiger partial charge in [-0.3, -0.25) is 14.6 Å². The molecule has 2 heterocycles. The summed E-state index contributed by atoms with van der Waals surface area (Å²) in [6, 6.07) is 8.08. The van der Waals surface area contributed by atoms with Crippen molar-refractivity contribution in [1.29, 1.82) is 0 Å². The smallest absolute Gasteiger partial charge is 0.328 e. The summed E-state index contributed by atoms with van der Waals surface area (Å²) in [6.07, 6.45) is 0.0597. The van der Waals surface area contributed by atoms with Crippen molar-refractivity contribution in [2.24, 2.45) is 10.5 Å². The molecule has 0 radical (unpaired) electrons. The lowest BCUT2D eigenvalue weighted by molar-refractivity contribution is -0.143. The van der Waals surface area contributed by atoms with Gasteiger partial charge in [0, 0.05) is 38.0 Å². The monoisotopic (exact) mass is 386 g/mol. The van der Waals surface area contributed by atoms with Gasteiger partial charge in [-0.1, -0.05) is 39.0 Å². The molecule has 28 heavy (non-hydrogen) atoms. The van der Waals surface area contributed by atoms with Crippen molar-refractivity contribution in [1.82, 2.24) is 9.80 Å². The topological polar surface area (TPSA) is 93.5 Å². The molecule has 3 rings (SSSR count). The Hall–Kier alpha value is -2.90. The summed E-state index contributed by atoms with van der Waals surface area (Å²) in [7, 11) is 0. The van der Waals surface area contributed by atoms with E-state index >= 15 is 0 Å². The fourth-order valence-corrected chi connectivity index (χ4v) is 3.42. The largest absolute Gasteiger partial charge is 0.480 e. The van der Waals surface area contributed by atoms with Crippen LogP contribution in [0.25, 0.3) is 0 Å². The van der Waals surface area contributed by atoms with Gasteiger partial charge in [0.2, 0.25) is 5.91 Å². The lowest BCUT2D eigenvalue weighted by atomic mass is 9.94. The van der Waals surface area contributed by atoms with Gasteiger partial charge in [0.1, 0.15) is 5.71 Å². The van der Waals surface area contributed by atoms with Crippen molar-refractivity contribution >= 4 is 29.2 Å². The minimum Gasteiger partial charge on any atom is -0.480 e. The predicted octanol–water partition coefficient (Wildman–Crippen LogP) is 1.42. The summed E-state index contributed by atoms with van der Waals surface area (Å²) >= 11 is 0. The van der Waals surface area contributed by atoms with E-state index in [0.717, 1.165) is 0 Å². The van der Waals surface area contributed by atoms with Crippen molar-refractivity contribution in [2.45, 2.75) is 33.2 Å². The average molecular weight is 386 g/mol. The highest BCUT2D eigenvalue weighted by atomic mass is 16.4. The molecular formula is C20H26N4O4. The molecule has 2 amide bonds. The van der Waals surface area contributed by atoms with Gasteiger partial charge in [0.25, 0.3) is 5.91 Å². The van der Waals surface area contributed by atoms with Crippen molar-refractivity contribution in [3.8, 4) is 0 Å². The summed E-state index contributed by atoms with van der Waals surface area (Å²) in [5.41, 5.74) is 0.428. The van der Waals surface area contributed by atoms with Crippen LogP contribution in [0, 0.1) is 5.41 Å². The van der Waals surface area contributed by atoms with Crippen molar-refractivity contribution in [3.05, 3.63) is 30.3 Å². The maximum absolute atomic E-state index is 12.9. The van der Waals surface area contributed by atoms with Gasteiger partial charge < -0.3 is 14.9 Å². The van der Waals surface area contributed by atoms with Crippen LogP contribution in [0.2, 0.25) is 0 Å². The highest BCUT2D eigenvalue weighted by Gasteiger charge is 2.38. The van der Waals surface area contributed by atoms with E-state index in [1.807, 2.05) is 26.8 Å². The number of hydrogen-bond donors (Lipinski definition) is 1. The van der Waals surface area contributed by atoms with E-state index in [1.165, 1.54) is 5.01 Å². The van der Waals surface area contributed by atoms with Gasteiger partial charge in [-0.05, 0) is 12.1 Å². The molecule has 8 heteroatoms. The number of hydrazone groups is 1. The van der Waals surface area contributed by atoms with E-state index in [1.54, 1.807) is 34.1 Å². The number of anilines is 1. The summed E-state index contributed by atoms with van der Waals surface area (Å²) < 4.78 is 0. The third kappa shape index (κ3) is 4.00. The molecule has 1 unspecified atom stereocenters. The molecule has 0 aromatic heterocycles. The highest BCUT2D eigenvalue weighted by Crippen LogP contribution is 2.25. The zero-order valence-electron chi connectivity index (χ0n) is 16.5. The van der Waals surface area contributed by atoms with Crippen molar-refractivity contribution in [3.63, 3.8) is 0 Å². The van der Waals surface area contributed by atoms with Crippen LogP contribution >= 0.6 is 0 Å². The van der Waals surface area contributed by atoms with E-state index in [-0.39, 0.29) is 23.9 Å². The number of aliphatic carboxylic acids is 1. The number of carbonyl (C=O) groups excluding carboxylic acids is 2. The van der Waals surface area contributed by atoms with E-state index < -0.39 is 17.4 Å². The molecule has 1 N–H and O–H groups in total. The fourth-order valence-electron chi connectivity index (χ4n) is 3.42. The Morgan fingerprint density at radius 3 is 2.11 bits per heavy atom. The second-order valence-electron chi connectivity index (χ2n) is 8.12. The first-order valence-electron chi connectivity index (χ1n) is 9.41. The van der Waals surface area contributed by atoms with Crippen LogP contribution in [0.15, 0.2) is 35.4 Å². The number of hydrogen-bond acceptors (Lipinski definition) is 5. The molecule has 1 fully saturated rings. The fraction of sp³-hybridized carbons (Fsp3) is 0.500. The van der Waals surface area contributed by atoms with Gasteiger partial charge >= 0.3 is 5.97 Å². The van der Waals surface area contributed by atoms with E-state index in [9.17, 15) is 19.5 Å². The number of nitrogens with zero attached hydrogens (tertiary/aromatic N) is 4. The molecular weight excluding hydrogens is 360 g/mol. The Balaban J connectivity index is 1.69. The maximum atomic E-state index is 12.9. The summed E-state index contributed by atoms with van der Waals surface area (Å²) in [5.74, 6) is -1.21. The zero-order chi connectivity index (χ0) is 20.5. The molecule has 2 aliphatic rings. The number of amides is 2. The number of para-hydroxylation sites is 1. The van der Waals surface area contributed by atoms with Gasteiger partial charge in [0.05, 0.1) is 5.69 Å². The third-order valence-electron chi connectivity index (χ3n) is 4.96. The Kier molecular flexibility index (Phi) is 5.40. The van der Waals surface area contributed by atoms with Crippen molar-refractivity contribution < 1.29 is 19.5 Å². The molecule has 0 spiro atoms. The van der Waals surface area contributed by atoms with Crippen molar-refractivity contribution in [2.75, 3.05) is 31.2 Å². The molecule has 8 nitrogen and oxygen atoms in total. The maximum Gasteiger partial charge on any atom is 0.328 e. The number of rotatable bonds is 3. The zero-order valence-corrected chi connectivity index (χ0v) is 16.5. The summed E-state index contributed by atoms with van der Waals surface area (Å²) in [4.78, 5) is 40.4. The average Bonchev–Trinajstić information content (AvgIpc) is 3.13. The highest BCUT2D eigenvalue weighted by molar-refractivity contribution is 6.40. The number of carboxylic acids is 1. The molecule has 0 aliphatic carbocycles. The van der Waals surface area contributed by atoms with Crippen LogP contribution in [0.4, 0.5) is 5.69 Å². The second-order valence-corrected chi connectivity index (χ2v) is 8.12. The molecule has 1 saturated heterocycles. The summed E-state index contributed by atoms with van der Waals surface area (Å²) in [6.45, 7) is 7.42. The molecule has 1 aromatic rings. The molecule has 150 valence electrons. The first-order valence-corrected chi connectivity index (χ1v) is 9.41. The van der Waals surface area contributed by atoms with Crippen LogP contribution in [-0.2, 0) is 14.4 Å². The van der Waals surface area contributed by atoms with Crippen LogP contribution in [0.3, 0.4) is 0 Å². The number of carboxylic acid groups (broad SMARTS) is 1. The van der Waals surface area contributed by atoms with E-state index in [4.69, 9.17) is 0 Å². The van der Waals surface area contributed by atoms with Crippen LogP contribution < -0.4 is 5.01 Å². The van der Waals surface area contributed by atoms with E-state index in [2.05, 4.69) is 5.10 Å². The minimum atomic E-state index is -1.02. The van der Waals surface area contributed by atoms with Crippen LogP contribution in [0.5, 0.6) is 0 Å². The van der Waals surface area contributed by atoms with Gasteiger partial charge in [-0.2, -0.15) is 5.10 Å². The Bertz CT molecular complexity index is 792. The van der Waals surface area contributed by atoms with Crippen LogP contribution in [-0.4, -0.2) is 70.6 Å². The molecule has 0 bridgehead atoms. The molecule has 0 saturated carbocycles.